The number of rotatable bonds is 6. The molecule has 0 amide bonds. The van der Waals surface area contributed by atoms with Crippen LogP contribution < -0.4 is 5.32 Å². The zero-order valence-electron chi connectivity index (χ0n) is 9.04. The Hall–Kier alpha value is -1.22. The first-order chi connectivity index (χ1) is 7.27. The van der Waals surface area contributed by atoms with Crippen LogP contribution in [0.25, 0.3) is 0 Å². The minimum absolute atomic E-state index is 0.174. The Bertz CT molecular complexity index is 312. The van der Waals surface area contributed by atoms with Gasteiger partial charge in [0, 0.05) is 12.2 Å². The van der Waals surface area contributed by atoms with Crippen molar-refractivity contribution in [3.8, 4) is 0 Å². The molecule has 0 saturated heterocycles. The Morgan fingerprint density at radius 3 is 3.00 bits per heavy atom. The molecule has 0 aliphatic carbocycles. The summed E-state index contributed by atoms with van der Waals surface area (Å²) in [7, 11) is 1.88. The molecule has 0 spiro atoms. The van der Waals surface area contributed by atoms with Gasteiger partial charge in [-0.05, 0) is 37.9 Å². The van der Waals surface area contributed by atoms with Crippen molar-refractivity contribution >= 4 is 0 Å². The molecule has 82 valence electrons. The Labute approximate surface area is 90.2 Å². The van der Waals surface area contributed by atoms with Crippen molar-refractivity contribution < 1.29 is 4.39 Å². The van der Waals surface area contributed by atoms with Crippen LogP contribution in [0.2, 0.25) is 0 Å². The van der Waals surface area contributed by atoms with Crippen molar-refractivity contribution in [3.05, 3.63) is 42.5 Å². The quantitative estimate of drug-likeness (QED) is 0.574. The summed E-state index contributed by atoms with van der Waals surface area (Å²) in [5, 5.41) is 3.16. The average molecular weight is 208 g/mol. The standard InChI is InChI=1S/C12H17FN2/c1-3-4-5-6-12(14-2)10-7-11(13)9-15-8-10/h3,7-9,12,14H,1,4-6H2,2H3. The fraction of sp³-hybridized carbons (Fsp3) is 0.417. The van der Waals surface area contributed by atoms with Crippen molar-refractivity contribution in [2.24, 2.45) is 0 Å². The normalized spacial score (nSPS) is 12.4. The molecule has 1 aromatic heterocycles. The van der Waals surface area contributed by atoms with Crippen LogP contribution in [-0.4, -0.2) is 12.0 Å². The topological polar surface area (TPSA) is 24.9 Å². The fourth-order valence-corrected chi connectivity index (χ4v) is 1.56. The minimum atomic E-state index is -0.281. The van der Waals surface area contributed by atoms with E-state index in [2.05, 4.69) is 16.9 Å². The summed E-state index contributed by atoms with van der Waals surface area (Å²) in [6.45, 7) is 3.68. The summed E-state index contributed by atoms with van der Waals surface area (Å²) >= 11 is 0. The van der Waals surface area contributed by atoms with Gasteiger partial charge < -0.3 is 5.32 Å². The minimum Gasteiger partial charge on any atom is -0.313 e. The highest BCUT2D eigenvalue weighted by Gasteiger charge is 2.09. The molecule has 0 bridgehead atoms. The van der Waals surface area contributed by atoms with Gasteiger partial charge in [-0.25, -0.2) is 4.39 Å². The van der Waals surface area contributed by atoms with Crippen LogP contribution in [-0.2, 0) is 0 Å². The summed E-state index contributed by atoms with van der Waals surface area (Å²) in [5.41, 5.74) is 0.904. The lowest BCUT2D eigenvalue weighted by Crippen LogP contribution is -2.16. The fourth-order valence-electron chi connectivity index (χ4n) is 1.56. The molecule has 15 heavy (non-hydrogen) atoms. The smallest absolute Gasteiger partial charge is 0.141 e. The van der Waals surface area contributed by atoms with Crippen LogP contribution in [0.5, 0.6) is 0 Å². The summed E-state index contributed by atoms with van der Waals surface area (Å²) in [4.78, 5) is 3.85. The van der Waals surface area contributed by atoms with Gasteiger partial charge >= 0.3 is 0 Å². The van der Waals surface area contributed by atoms with Gasteiger partial charge in [-0.3, -0.25) is 4.98 Å². The molecule has 1 unspecified atom stereocenters. The molecule has 3 heteroatoms. The maximum absolute atomic E-state index is 12.9. The Morgan fingerprint density at radius 2 is 2.40 bits per heavy atom. The highest BCUT2D eigenvalue weighted by molar-refractivity contribution is 5.14. The summed E-state index contributed by atoms with van der Waals surface area (Å²) in [5.74, 6) is -0.281. The molecule has 0 saturated carbocycles. The van der Waals surface area contributed by atoms with Crippen molar-refractivity contribution in [1.82, 2.24) is 10.3 Å². The number of unbranched alkanes of at least 4 members (excludes halogenated alkanes) is 1. The SMILES string of the molecule is C=CCCCC(NC)c1cncc(F)c1. The van der Waals surface area contributed by atoms with E-state index in [0.717, 1.165) is 24.8 Å². The second-order valence-electron chi connectivity index (χ2n) is 3.50. The molecule has 1 atom stereocenters. The largest absolute Gasteiger partial charge is 0.313 e. The third-order valence-corrected chi connectivity index (χ3v) is 2.38. The predicted molar refractivity (Wildman–Crippen MR) is 60.0 cm³/mol. The third kappa shape index (κ3) is 3.80. The first-order valence-electron chi connectivity index (χ1n) is 5.16. The second-order valence-corrected chi connectivity index (χ2v) is 3.50. The van der Waals surface area contributed by atoms with Crippen LogP contribution >= 0.6 is 0 Å². The molecule has 0 aliphatic heterocycles. The van der Waals surface area contributed by atoms with Crippen LogP contribution in [0.3, 0.4) is 0 Å². The number of hydrogen-bond donors (Lipinski definition) is 1. The van der Waals surface area contributed by atoms with Gasteiger partial charge in [-0.15, -0.1) is 6.58 Å². The zero-order chi connectivity index (χ0) is 11.1. The highest BCUT2D eigenvalue weighted by atomic mass is 19.1. The number of aromatic nitrogens is 1. The van der Waals surface area contributed by atoms with Crippen molar-refractivity contribution in [1.29, 1.82) is 0 Å². The van der Waals surface area contributed by atoms with E-state index in [0.29, 0.717) is 0 Å². The first-order valence-corrected chi connectivity index (χ1v) is 5.16. The highest BCUT2D eigenvalue weighted by Crippen LogP contribution is 2.18. The van der Waals surface area contributed by atoms with Crippen LogP contribution in [0.1, 0.15) is 30.9 Å². The number of allylic oxidation sites excluding steroid dienone is 1. The average Bonchev–Trinajstić information content (AvgIpc) is 2.24. The molecule has 0 fully saturated rings. The molecular formula is C12H17FN2. The van der Waals surface area contributed by atoms with Gasteiger partial charge in [-0.2, -0.15) is 0 Å². The van der Waals surface area contributed by atoms with Crippen molar-refractivity contribution in [3.63, 3.8) is 0 Å². The summed E-state index contributed by atoms with van der Waals surface area (Å²) < 4.78 is 12.9. The monoisotopic (exact) mass is 208 g/mol. The van der Waals surface area contributed by atoms with Gasteiger partial charge in [0.25, 0.3) is 0 Å². The van der Waals surface area contributed by atoms with Crippen LogP contribution in [0.4, 0.5) is 4.39 Å². The van der Waals surface area contributed by atoms with E-state index in [4.69, 9.17) is 0 Å². The van der Waals surface area contributed by atoms with E-state index in [1.54, 1.807) is 6.20 Å². The number of hydrogen-bond acceptors (Lipinski definition) is 2. The number of halogens is 1. The van der Waals surface area contributed by atoms with Gasteiger partial charge in [0.1, 0.15) is 5.82 Å². The van der Waals surface area contributed by atoms with Gasteiger partial charge in [0.05, 0.1) is 6.20 Å². The number of nitrogens with one attached hydrogen (secondary N) is 1. The Kier molecular flexibility index (Phi) is 4.98. The first kappa shape index (κ1) is 11.9. The van der Waals surface area contributed by atoms with E-state index < -0.39 is 0 Å². The second kappa shape index (κ2) is 6.30. The van der Waals surface area contributed by atoms with E-state index in [9.17, 15) is 4.39 Å². The number of pyridine rings is 1. The molecule has 1 N–H and O–H groups in total. The van der Waals surface area contributed by atoms with Gasteiger partial charge in [0.2, 0.25) is 0 Å². The lowest BCUT2D eigenvalue weighted by Gasteiger charge is -2.15. The summed E-state index contributed by atoms with van der Waals surface area (Å²) in [6.07, 6.45) is 7.83. The molecule has 1 aromatic rings. The lowest BCUT2D eigenvalue weighted by atomic mass is 10.0. The van der Waals surface area contributed by atoms with Gasteiger partial charge in [-0.1, -0.05) is 6.08 Å². The molecule has 1 heterocycles. The third-order valence-electron chi connectivity index (χ3n) is 2.38. The van der Waals surface area contributed by atoms with Gasteiger partial charge in [0.15, 0.2) is 0 Å². The molecular weight excluding hydrogens is 191 g/mol. The van der Waals surface area contributed by atoms with E-state index >= 15 is 0 Å². The molecule has 0 radical (unpaired) electrons. The molecule has 2 nitrogen and oxygen atoms in total. The summed E-state index contributed by atoms with van der Waals surface area (Å²) in [6, 6.07) is 1.70. The van der Waals surface area contributed by atoms with Crippen LogP contribution in [0, 0.1) is 5.82 Å². The van der Waals surface area contributed by atoms with E-state index in [1.807, 2.05) is 13.1 Å². The number of nitrogens with zero attached hydrogens (tertiary/aromatic N) is 1. The lowest BCUT2D eigenvalue weighted by molar-refractivity contribution is 0.522. The zero-order valence-corrected chi connectivity index (χ0v) is 9.04. The molecule has 0 aliphatic rings. The van der Waals surface area contributed by atoms with Crippen LogP contribution in [0.15, 0.2) is 31.1 Å². The van der Waals surface area contributed by atoms with Crippen molar-refractivity contribution in [2.75, 3.05) is 7.05 Å². The van der Waals surface area contributed by atoms with E-state index in [-0.39, 0.29) is 11.9 Å². The molecule has 1 rings (SSSR count). The Morgan fingerprint density at radius 1 is 1.60 bits per heavy atom. The molecule has 0 aromatic carbocycles. The maximum Gasteiger partial charge on any atom is 0.141 e. The predicted octanol–water partition coefficient (Wildman–Crippen LogP) is 2.84. The Balaban J connectivity index is 2.61. The van der Waals surface area contributed by atoms with E-state index in [1.165, 1.54) is 12.3 Å². The maximum atomic E-state index is 12.9. The van der Waals surface area contributed by atoms with Crippen molar-refractivity contribution in [2.45, 2.75) is 25.3 Å².